The maximum Gasteiger partial charge on any atom is 0.184 e. The molecule has 5 aliphatic carbocycles. The fraction of sp³-hybridized carbons (Fsp3) is 0.909. The quantitative estimate of drug-likeness (QED) is 0.213. The zero-order chi connectivity index (χ0) is 26.5. The van der Waals surface area contributed by atoms with Crippen molar-refractivity contribution >= 4 is 14.6 Å². The van der Waals surface area contributed by atoms with Crippen molar-refractivity contribution < 1.29 is 9.22 Å². The number of carbonyl (C=O) groups excluding carboxylic acids is 1. The topological polar surface area (TPSA) is 26.3 Å². The van der Waals surface area contributed by atoms with E-state index in [1.54, 1.807) is 0 Å². The average Bonchev–Trinajstić information content (AvgIpc) is 3.13. The highest BCUT2D eigenvalue weighted by Crippen LogP contribution is 2.77. The van der Waals surface area contributed by atoms with Crippen LogP contribution in [0.2, 0.25) is 19.6 Å². The number of aldehydes is 1. The summed E-state index contributed by atoms with van der Waals surface area (Å²) in [5.74, 6) is 3.35. The average molecular weight is 513 g/mol. The van der Waals surface area contributed by atoms with E-state index in [1.165, 1.54) is 64.2 Å². The van der Waals surface area contributed by atoms with Gasteiger partial charge in [0, 0.05) is 0 Å². The van der Waals surface area contributed by atoms with Gasteiger partial charge in [0.15, 0.2) is 8.32 Å². The zero-order valence-corrected chi connectivity index (χ0v) is 26.1. The van der Waals surface area contributed by atoms with Crippen LogP contribution >= 0.6 is 0 Å². The second-order valence-corrected chi connectivity index (χ2v) is 21.2. The van der Waals surface area contributed by atoms with Gasteiger partial charge in [-0.25, -0.2) is 0 Å². The lowest BCUT2D eigenvalue weighted by molar-refractivity contribution is -0.245. The summed E-state index contributed by atoms with van der Waals surface area (Å²) in [6, 6.07) is 0. The van der Waals surface area contributed by atoms with E-state index in [1.807, 2.05) is 0 Å². The van der Waals surface area contributed by atoms with E-state index in [0.717, 1.165) is 29.6 Å². The standard InChI is InChI=1S/C33H56O2Si/c1-22(21-34)23-13-16-30(4)19-20-32(6)24(28(23)30)11-12-26-31(5)17-15-27(35-36(8,9)10)29(2,3)25(31)14-18-33(26,32)7/h21,23-28H,1,11-20H2,2-10H3/t23-,24?,25?,26?,27-,28?,30+,31-,32+,33+/m0/s1. The minimum atomic E-state index is -1.57. The summed E-state index contributed by atoms with van der Waals surface area (Å²) in [4.78, 5) is 11.9. The van der Waals surface area contributed by atoms with Gasteiger partial charge in [0.2, 0.25) is 0 Å². The molecular formula is C33H56O2Si. The molecule has 36 heavy (non-hydrogen) atoms. The molecule has 5 aliphatic rings. The number of allylic oxidation sites excluding steroid dienone is 1. The van der Waals surface area contributed by atoms with Gasteiger partial charge in [0.25, 0.3) is 0 Å². The number of hydrogen-bond acceptors (Lipinski definition) is 2. The molecule has 0 radical (unpaired) electrons. The van der Waals surface area contributed by atoms with Crippen molar-refractivity contribution in [3.05, 3.63) is 12.2 Å². The van der Waals surface area contributed by atoms with Gasteiger partial charge in [0.05, 0.1) is 6.10 Å². The van der Waals surface area contributed by atoms with Gasteiger partial charge >= 0.3 is 0 Å². The molecule has 10 atom stereocenters. The fourth-order valence-corrected chi connectivity index (χ4v) is 13.3. The maximum absolute atomic E-state index is 11.9. The highest BCUT2D eigenvalue weighted by molar-refractivity contribution is 6.69. The molecule has 5 rings (SSSR count). The first-order valence-corrected chi connectivity index (χ1v) is 18.8. The molecule has 0 aromatic rings. The molecule has 204 valence electrons. The summed E-state index contributed by atoms with van der Waals surface area (Å²) in [5.41, 5.74) is 2.70. The van der Waals surface area contributed by atoms with E-state index in [9.17, 15) is 4.79 Å². The number of fused-ring (bicyclic) bond motifs is 7. The molecule has 0 heterocycles. The minimum Gasteiger partial charge on any atom is -0.414 e. The SMILES string of the molecule is C=C(C=O)[C@@H]1CC[C@]2(C)CC[C@]3(C)C(CCC4[C@@]5(C)CC[C@H](O[Si](C)(C)C)C(C)(C)C5CC[C@]43C)C12. The van der Waals surface area contributed by atoms with Crippen LogP contribution in [-0.4, -0.2) is 20.7 Å². The number of hydrogen-bond donors (Lipinski definition) is 0. The Hall–Kier alpha value is -0.413. The van der Waals surface area contributed by atoms with Crippen molar-refractivity contribution in [3.8, 4) is 0 Å². The Morgan fingerprint density at radius 1 is 0.806 bits per heavy atom. The lowest BCUT2D eigenvalue weighted by Crippen LogP contribution is -2.66. The van der Waals surface area contributed by atoms with Crippen molar-refractivity contribution in [1.29, 1.82) is 0 Å². The van der Waals surface area contributed by atoms with Crippen LogP contribution in [0.4, 0.5) is 0 Å². The van der Waals surface area contributed by atoms with Crippen molar-refractivity contribution in [3.63, 3.8) is 0 Å². The molecule has 0 bridgehead atoms. The van der Waals surface area contributed by atoms with Crippen LogP contribution in [0.5, 0.6) is 0 Å². The molecule has 5 saturated carbocycles. The smallest absolute Gasteiger partial charge is 0.184 e. The monoisotopic (exact) mass is 512 g/mol. The van der Waals surface area contributed by atoms with E-state index < -0.39 is 8.32 Å². The number of rotatable bonds is 4. The largest absolute Gasteiger partial charge is 0.414 e. The van der Waals surface area contributed by atoms with Gasteiger partial charge < -0.3 is 4.43 Å². The molecule has 0 N–H and O–H groups in total. The first-order chi connectivity index (χ1) is 16.5. The second-order valence-electron chi connectivity index (χ2n) is 16.8. The number of carbonyl (C=O) groups is 1. The molecule has 0 aliphatic heterocycles. The molecule has 5 fully saturated rings. The maximum atomic E-state index is 11.9. The lowest BCUT2D eigenvalue weighted by atomic mass is 9.32. The first-order valence-electron chi connectivity index (χ1n) is 15.4. The molecule has 0 aromatic carbocycles. The third-order valence-electron chi connectivity index (χ3n) is 13.9. The normalized spacial score (nSPS) is 51.9. The Bertz CT molecular complexity index is 917. The van der Waals surface area contributed by atoms with E-state index >= 15 is 0 Å². The summed E-state index contributed by atoms with van der Waals surface area (Å²) in [6.45, 7) is 27.2. The van der Waals surface area contributed by atoms with Crippen molar-refractivity contribution in [2.45, 2.75) is 131 Å². The van der Waals surface area contributed by atoms with Gasteiger partial charge in [-0.15, -0.1) is 0 Å². The lowest BCUT2D eigenvalue weighted by Gasteiger charge is -2.73. The summed E-state index contributed by atoms with van der Waals surface area (Å²) >= 11 is 0. The van der Waals surface area contributed by atoms with Crippen LogP contribution in [0.3, 0.4) is 0 Å². The van der Waals surface area contributed by atoms with Gasteiger partial charge in [-0.05, 0) is 146 Å². The van der Waals surface area contributed by atoms with Crippen molar-refractivity contribution in [2.75, 3.05) is 0 Å². The molecule has 0 spiro atoms. The molecule has 0 aromatic heterocycles. The fourth-order valence-electron chi connectivity index (χ4n) is 12.1. The van der Waals surface area contributed by atoms with Gasteiger partial charge in [-0.2, -0.15) is 0 Å². The molecule has 0 saturated heterocycles. The summed E-state index contributed by atoms with van der Waals surface area (Å²) < 4.78 is 6.86. The summed E-state index contributed by atoms with van der Waals surface area (Å²) in [7, 11) is -1.57. The Balaban J connectivity index is 1.49. The third-order valence-corrected chi connectivity index (χ3v) is 14.9. The van der Waals surface area contributed by atoms with Crippen LogP contribution in [0.25, 0.3) is 0 Å². The Morgan fingerprint density at radius 3 is 2.14 bits per heavy atom. The summed E-state index contributed by atoms with van der Waals surface area (Å²) in [5, 5.41) is 0. The molecule has 4 unspecified atom stereocenters. The van der Waals surface area contributed by atoms with Crippen LogP contribution in [0, 0.1) is 56.7 Å². The predicted molar refractivity (Wildman–Crippen MR) is 153 cm³/mol. The van der Waals surface area contributed by atoms with Crippen molar-refractivity contribution in [1.82, 2.24) is 0 Å². The predicted octanol–water partition coefficient (Wildman–Crippen LogP) is 9.06. The Labute approximate surface area is 223 Å². The molecule has 0 amide bonds. The zero-order valence-electron chi connectivity index (χ0n) is 25.1. The molecule has 3 heteroatoms. The highest BCUT2D eigenvalue weighted by atomic mass is 28.4. The van der Waals surface area contributed by atoms with E-state index in [-0.39, 0.29) is 5.41 Å². The van der Waals surface area contributed by atoms with Crippen LogP contribution in [0.1, 0.15) is 106 Å². The van der Waals surface area contributed by atoms with E-state index in [0.29, 0.717) is 39.6 Å². The highest BCUT2D eigenvalue weighted by Gasteiger charge is 2.70. The van der Waals surface area contributed by atoms with Gasteiger partial charge in [-0.1, -0.05) is 48.1 Å². The summed E-state index contributed by atoms with van der Waals surface area (Å²) in [6.07, 6.45) is 14.7. The third kappa shape index (κ3) is 3.60. The second kappa shape index (κ2) is 8.29. The Kier molecular flexibility index (Phi) is 6.26. The van der Waals surface area contributed by atoms with E-state index in [2.05, 4.69) is 67.8 Å². The van der Waals surface area contributed by atoms with Gasteiger partial charge in [-0.3, -0.25) is 4.79 Å². The Morgan fingerprint density at radius 2 is 1.50 bits per heavy atom. The van der Waals surface area contributed by atoms with Crippen LogP contribution < -0.4 is 0 Å². The van der Waals surface area contributed by atoms with Crippen LogP contribution in [0.15, 0.2) is 12.2 Å². The van der Waals surface area contributed by atoms with Crippen molar-refractivity contribution in [2.24, 2.45) is 56.7 Å². The first kappa shape index (κ1) is 27.2. The van der Waals surface area contributed by atoms with E-state index in [4.69, 9.17) is 4.43 Å². The van der Waals surface area contributed by atoms with Gasteiger partial charge in [0.1, 0.15) is 6.29 Å². The molecular weight excluding hydrogens is 456 g/mol. The van der Waals surface area contributed by atoms with Crippen LogP contribution in [-0.2, 0) is 9.22 Å². The minimum absolute atomic E-state index is 0.246. The molecule has 2 nitrogen and oxygen atoms in total.